The van der Waals surface area contributed by atoms with Crippen molar-refractivity contribution in [1.29, 1.82) is 0 Å². The predicted molar refractivity (Wildman–Crippen MR) is 81.7 cm³/mol. The van der Waals surface area contributed by atoms with Crippen LogP contribution >= 0.6 is 15.9 Å². The molecule has 0 atom stereocenters. The fraction of sp³-hybridized carbons (Fsp3) is 0.333. The second kappa shape index (κ2) is 6.39. The van der Waals surface area contributed by atoms with Crippen molar-refractivity contribution in [3.63, 3.8) is 0 Å². The highest BCUT2D eigenvalue weighted by Gasteiger charge is 2.18. The number of carboxylic acids is 1. The minimum absolute atomic E-state index is 0.122. The molecule has 6 heteroatoms. The fourth-order valence-electron chi connectivity index (χ4n) is 1.94. The Morgan fingerprint density at radius 3 is 2.76 bits per heavy atom. The van der Waals surface area contributed by atoms with Gasteiger partial charge in [0.25, 0.3) is 0 Å². The van der Waals surface area contributed by atoms with Gasteiger partial charge in [-0.05, 0) is 46.5 Å². The van der Waals surface area contributed by atoms with Crippen LogP contribution < -0.4 is 0 Å². The van der Waals surface area contributed by atoms with Crippen LogP contribution in [0.5, 0.6) is 0 Å². The number of rotatable bonds is 5. The lowest BCUT2D eigenvalue weighted by Gasteiger charge is -2.04. The predicted octanol–water partition coefficient (Wildman–Crippen LogP) is 4.20. The van der Waals surface area contributed by atoms with Gasteiger partial charge in [-0.25, -0.2) is 9.18 Å². The van der Waals surface area contributed by atoms with Crippen molar-refractivity contribution in [2.45, 2.75) is 26.8 Å². The maximum Gasteiger partial charge on any atom is 0.339 e. The van der Waals surface area contributed by atoms with E-state index in [9.17, 15) is 14.3 Å². The average Bonchev–Trinajstić information content (AvgIpc) is 2.84. The van der Waals surface area contributed by atoms with Gasteiger partial charge in [0.15, 0.2) is 0 Å². The minimum Gasteiger partial charge on any atom is -0.478 e. The van der Waals surface area contributed by atoms with E-state index >= 15 is 0 Å². The monoisotopic (exact) mass is 354 g/mol. The molecule has 0 saturated carbocycles. The molecule has 0 amide bonds. The molecule has 4 nitrogen and oxygen atoms in total. The van der Waals surface area contributed by atoms with Gasteiger partial charge >= 0.3 is 5.97 Å². The third-order valence-electron chi connectivity index (χ3n) is 3.12. The van der Waals surface area contributed by atoms with E-state index in [0.717, 1.165) is 6.42 Å². The molecule has 0 aliphatic heterocycles. The Bertz CT molecular complexity index is 668. The van der Waals surface area contributed by atoms with Crippen LogP contribution in [0.4, 0.5) is 4.39 Å². The van der Waals surface area contributed by atoms with E-state index in [2.05, 4.69) is 34.9 Å². The number of aromatic carboxylic acids is 1. The third kappa shape index (κ3) is 3.69. The number of halogens is 2. The Labute approximate surface area is 130 Å². The Kier molecular flexibility index (Phi) is 4.77. The van der Waals surface area contributed by atoms with E-state index < -0.39 is 11.8 Å². The van der Waals surface area contributed by atoms with Gasteiger partial charge in [-0.1, -0.05) is 13.8 Å². The first-order chi connectivity index (χ1) is 9.88. The largest absolute Gasteiger partial charge is 0.478 e. The van der Waals surface area contributed by atoms with E-state index in [1.165, 1.54) is 24.4 Å². The molecule has 0 aliphatic carbocycles. The first kappa shape index (κ1) is 15.7. The molecule has 0 aliphatic rings. The van der Waals surface area contributed by atoms with Crippen molar-refractivity contribution in [1.82, 2.24) is 9.78 Å². The van der Waals surface area contributed by atoms with Crippen LogP contribution in [0.2, 0.25) is 0 Å². The van der Waals surface area contributed by atoms with Crippen molar-refractivity contribution in [2.75, 3.05) is 0 Å². The second-order valence-electron chi connectivity index (χ2n) is 5.27. The highest BCUT2D eigenvalue weighted by atomic mass is 79.9. The van der Waals surface area contributed by atoms with Gasteiger partial charge in [-0.3, -0.25) is 4.68 Å². The molecule has 21 heavy (non-hydrogen) atoms. The molecule has 1 N–H and O–H groups in total. The minimum atomic E-state index is -1.04. The second-order valence-corrected chi connectivity index (χ2v) is 6.13. The molecule has 2 aromatic rings. The first-order valence-electron chi connectivity index (χ1n) is 6.64. The molecule has 0 saturated heterocycles. The average molecular weight is 355 g/mol. The zero-order valence-electron chi connectivity index (χ0n) is 11.8. The van der Waals surface area contributed by atoms with E-state index in [-0.39, 0.29) is 10.0 Å². The molecule has 0 bridgehead atoms. The Morgan fingerprint density at radius 2 is 2.19 bits per heavy atom. The molecule has 1 aromatic heterocycles. The van der Waals surface area contributed by atoms with E-state index in [1.807, 2.05) is 0 Å². The molecule has 0 radical (unpaired) electrons. The number of carboxylic acid groups (broad SMARTS) is 1. The van der Waals surface area contributed by atoms with Crippen LogP contribution in [-0.2, 0) is 6.54 Å². The van der Waals surface area contributed by atoms with Crippen molar-refractivity contribution in [2.24, 2.45) is 5.92 Å². The first-order valence-corrected chi connectivity index (χ1v) is 7.44. The van der Waals surface area contributed by atoms with Crippen molar-refractivity contribution < 1.29 is 14.3 Å². The quantitative estimate of drug-likeness (QED) is 0.875. The summed E-state index contributed by atoms with van der Waals surface area (Å²) in [4.78, 5) is 11.4. The number of aromatic nitrogens is 2. The normalized spacial score (nSPS) is 11.1. The van der Waals surface area contributed by atoms with E-state index in [1.54, 1.807) is 4.68 Å². The summed E-state index contributed by atoms with van der Waals surface area (Å²) in [7, 11) is 0. The lowest BCUT2D eigenvalue weighted by atomic mass is 10.1. The summed E-state index contributed by atoms with van der Waals surface area (Å²) in [5, 5.41) is 13.6. The number of benzene rings is 1. The van der Waals surface area contributed by atoms with Crippen LogP contribution in [0.3, 0.4) is 0 Å². The summed E-state index contributed by atoms with van der Waals surface area (Å²) in [6, 6.07) is 4.36. The van der Waals surface area contributed by atoms with Crippen molar-refractivity contribution in [3.05, 3.63) is 40.2 Å². The highest BCUT2D eigenvalue weighted by Crippen LogP contribution is 2.27. The molecule has 0 fully saturated rings. The van der Waals surface area contributed by atoms with Crippen molar-refractivity contribution in [3.8, 4) is 11.3 Å². The molecule has 1 heterocycles. The number of aryl methyl sites for hydroxylation is 1. The van der Waals surface area contributed by atoms with Crippen molar-refractivity contribution >= 4 is 21.9 Å². The van der Waals surface area contributed by atoms with Crippen LogP contribution in [0.1, 0.15) is 30.6 Å². The van der Waals surface area contributed by atoms with Gasteiger partial charge < -0.3 is 5.11 Å². The molecule has 2 rings (SSSR count). The maximum absolute atomic E-state index is 13.3. The van der Waals surface area contributed by atoms with Crippen LogP contribution in [0.15, 0.2) is 28.9 Å². The lowest BCUT2D eigenvalue weighted by molar-refractivity contribution is 0.0697. The van der Waals surface area contributed by atoms with Gasteiger partial charge in [-0.15, -0.1) is 0 Å². The van der Waals surface area contributed by atoms with Gasteiger partial charge in [0, 0.05) is 18.3 Å². The lowest BCUT2D eigenvalue weighted by Crippen LogP contribution is -2.02. The number of hydrogen-bond acceptors (Lipinski definition) is 2. The third-order valence-corrected chi connectivity index (χ3v) is 3.73. The summed E-state index contributed by atoms with van der Waals surface area (Å²) in [6.07, 6.45) is 2.44. The Hall–Kier alpha value is -1.69. The molecule has 0 spiro atoms. The zero-order valence-corrected chi connectivity index (χ0v) is 13.4. The van der Waals surface area contributed by atoms with Crippen LogP contribution in [0.25, 0.3) is 11.3 Å². The highest BCUT2D eigenvalue weighted by molar-refractivity contribution is 9.10. The fourth-order valence-corrected chi connectivity index (χ4v) is 2.32. The SMILES string of the molecule is CC(C)CCn1cc(C(=O)O)c(-c2ccc(F)c(Br)c2)n1. The Morgan fingerprint density at radius 1 is 1.48 bits per heavy atom. The van der Waals surface area contributed by atoms with Gasteiger partial charge in [0.05, 0.1) is 4.47 Å². The zero-order chi connectivity index (χ0) is 15.6. The topological polar surface area (TPSA) is 55.1 Å². The van der Waals surface area contributed by atoms with E-state index in [4.69, 9.17) is 0 Å². The molecule has 112 valence electrons. The van der Waals surface area contributed by atoms with Crippen LogP contribution in [0, 0.1) is 11.7 Å². The summed E-state index contributed by atoms with van der Waals surface area (Å²) in [6.45, 7) is 4.85. The summed E-state index contributed by atoms with van der Waals surface area (Å²) < 4.78 is 15.2. The van der Waals surface area contributed by atoms with Gasteiger partial charge in [-0.2, -0.15) is 5.10 Å². The number of nitrogens with zero attached hydrogens (tertiary/aromatic N) is 2. The van der Waals surface area contributed by atoms with Crippen LogP contribution in [-0.4, -0.2) is 20.9 Å². The molecular formula is C15H16BrFN2O2. The maximum atomic E-state index is 13.3. The smallest absolute Gasteiger partial charge is 0.339 e. The summed E-state index contributed by atoms with van der Waals surface area (Å²) >= 11 is 3.10. The summed E-state index contributed by atoms with van der Waals surface area (Å²) in [5.74, 6) is -0.929. The summed E-state index contributed by atoms with van der Waals surface area (Å²) in [5.41, 5.74) is 1.05. The number of carbonyl (C=O) groups is 1. The molecule has 0 unspecified atom stereocenters. The van der Waals surface area contributed by atoms with Gasteiger partial charge in [0.2, 0.25) is 0 Å². The van der Waals surface area contributed by atoms with E-state index in [0.29, 0.717) is 23.7 Å². The standard InChI is InChI=1S/C15H16BrFN2O2/c1-9(2)5-6-19-8-11(15(20)21)14(18-19)10-3-4-13(17)12(16)7-10/h3-4,7-9H,5-6H2,1-2H3,(H,20,21). The Balaban J connectivity index is 2.41. The van der Waals surface area contributed by atoms with Gasteiger partial charge in [0.1, 0.15) is 17.1 Å². The number of hydrogen-bond donors (Lipinski definition) is 1. The molecule has 1 aromatic carbocycles. The molecular weight excluding hydrogens is 339 g/mol.